The fourth-order valence-corrected chi connectivity index (χ4v) is 3.70. The lowest BCUT2D eigenvalue weighted by atomic mass is 10.1. The van der Waals surface area contributed by atoms with E-state index in [1.807, 2.05) is 43.3 Å². The second-order valence-electron chi connectivity index (χ2n) is 6.17. The highest BCUT2D eigenvalue weighted by molar-refractivity contribution is 9.10. The molecule has 2 aromatic carbocycles. The Morgan fingerprint density at radius 3 is 2.55 bits per heavy atom. The number of thioether (sulfide) groups is 1. The molecule has 150 valence electrons. The lowest BCUT2D eigenvalue weighted by molar-refractivity contribution is -0.123. The topological polar surface area (TPSA) is 92.2 Å². The number of anilines is 1. The van der Waals surface area contributed by atoms with Gasteiger partial charge in [-0.15, -0.1) is 5.10 Å². The van der Waals surface area contributed by atoms with Gasteiger partial charge in [0.1, 0.15) is 11.0 Å². The van der Waals surface area contributed by atoms with Crippen LogP contribution in [0, 0.1) is 0 Å². The fourth-order valence-electron chi connectivity index (χ4n) is 2.51. The van der Waals surface area contributed by atoms with Gasteiger partial charge in [0.05, 0.1) is 12.8 Å². The molecule has 1 aliphatic rings. The zero-order valence-electron chi connectivity index (χ0n) is 15.8. The number of nitrogens with zero attached hydrogens (tertiary/aromatic N) is 2. The monoisotopic (exact) mass is 474 g/mol. The van der Waals surface area contributed by atoms with E-state index < -0.39 is 5.25 Å². The summed E-state index contributed by atoms with van der Waals surface area (Å²) in [5, 5.41) is 13.5. The number of nitrogens with one attached hydrogen (secondary N) is 2. The average Bonchev–Trinajstić information content (AvgIpc) is 2.73. The Hall–Kier alpha value is -2.65. The van der Waals surface area contributed by atoms with Gasteiger partial charge >= 0.3 is 0 Å². The lowest BCUT2D eigenvalue weighted by Crippen LogP contribution is -2.41. The van der Waals surface area contributed by atoms with Crippen molar-refractivity contribution in [2.45, 2.75) is 18.6 Å². The molecule has 2 N–H and O–H groups in total. The SMILES string of the molecule is COc1ccc(/C(C)=N/N=C2\NC(=O)CC(C(=O)Nc3ccc(Br)cc3)S2)cc1. The highest BCUT2D eigenvalue weighted by atomic mass is 79.9. The Kier molecular flexibility index (Phi) is 7.05. The van der Waals surface area contributed by atoms with Crippen molar-refractivity contribution in [3.8, 4) is 5.75 Å². The highest BCUT2D eigenvalue weighted by Gasteiger charge is 2.30. The van der Waals surface area contributed by atoms with Crippen LogP contribution < -0.4 is 15.4 Å². The standard InChI is InChI=1S/C20H19BrN4O3S/c1-12(13-3-9-16(28-2)10-4-13)24-25-20-23-18(26)11-17(29-20)19(27)22-15-7-5-14(21)6-8-15/h3-10,17H,11H2,1-2H3,(H,22,27)(H,23,25,26)/b24-12+. The lowest BCUT2D eigenvalue weighted by Gasteiger charge is -2.21. The third-order valence-corrected chi connectivity index (χ3v) is 5.67. The molecular formula is C20H19BrN4O3S. The molecule has 0 spiro atoms. The van der Waals surface area contributed by atoms with E-state index in [9.17, 15) is 9.59 Å². The van der Waals surface area contributed by atoms with E-state index in [0.29, 0.717) is 16.6 Å². The second-order valence-corrected chi connectivity index (χ2v) is 8.28. The van der Waals surface area contributed by atoms with Crippen molar-refractivity contribution in [3.63, 3.8) is 0 Å². The van der Waals surface area contributed by atoms with Crippen LogP contribution >= 0.6 is 27.7 Å². The van der Waals surface area contributed by atoms with Crippen LogP contribution in [-0.2, 0) is 9.59 Å². The number of benzene rings is 2. The van der Waals surface area contributed by atoms with E-state index in [4.69, 9.17) is 4.74 Å². The molecule has 1 saturated heterocycles. The van der Waals surface area contributed by atoms with Crippen molar-refractivity contribution in [1.82, 2.24) is 5.32 Å². The number of halogens is 1. The van der Waals surface area contributed by atoms with Gasteiger partial charge in [0, 0.05) is 16.6 Å². The largest absolute Gasteiger partial charge is 0.497 e. The van der Waals surface area contributed by atoms with Crippen LogP contribution in [0.3, 0.4) is 0 Å². The van der Waals surface area contributed by atoms with Gasteiger partial charge in [-0.1, -0.05) is 27.7 Å². The number of carbonyl (C=O) groups excluding carboxylic acids is 2. The predicted molar refractivity (Wildman–Crippen MR) is 120 cm³/mol. The molecule has 1 heterocycles. The van der Waals surface area contributed by atoms with Gasteiger partial charge in [0.25, 0.3) is 0 Å². The fraction of sp³-hybridized carbons (Fsp3) is 0.200. The maximum atomic E-state index is 12.5. The summed E-state index contributed by atoms with van der Waals surface area (Å²) in [5.74, 6) is 0.231. The quantitative estimate of drug-likeness (QED) is 0.509. The summed E-state index contributed by atoms with van der Waals surface area (Å²) in [6, 6.07) is 14.7. The zero-order valence-corrected chi connectivity index (χ0v) is 18.2. The van der Waals surface area contributed by atoms with Crippen LogP contribution in [0.25, 0.3) is 0 Å². The van der Waals surface area contributed by atoms with Gasteiger partial charge in [-0.3, -0.25) is 9.59 Å². The van der Waals surface area contributed by atoms with E-state index in [1.54, 1.807) is 19.2 Å². The van der Waals surface area contributed by atoms with E-state index in [-0.39, 0.29) is 18.2 Å². The van der Waals surface area contributed by atoms with Gasteiger partial charge in [-0.05, 0) is 61.0 Å². The molecule has 0 radical (unpaired) electrons. The van der Waals surface area contributed by atoms with Crippen LogP contribution in [0.1, 0.15) is 18.9 Å². The molecule has 0 bridgehead atoms. The number of amides is 2. The van der Waals surface area contributed by atoms with Crippen molar-refractivity contribution in [2.24, 2.45) is 10.2 Å². The predicted octanol–water partition coefficient (Wildman–Crippen LogP) is 3.80. The molecule has 0 aromatic heterocycles. The highest BCUT2D eigenvalue weighted by Crippen LogP contribution is 2.23. The molecule has 29 heavy (non-hydrogen) atoms. The molecule has 0 saturated carbocycles. The molecule has 0 aliphatic carbocycles. The number of rotatable bonds is 5. The minimum atomic E-state index is -0.581. The zero-order chi connectivity index (χ0) is 20.8. The van der Waals surface area contributed by atoms with Crippen LogP contribution in [0.2, 0.25) is 0 Å². The Morgan fingerprint density at radius 2 is 1.90 bits per heavy atom. The third-order valence-electron chi connectivity index (χ3n) is 4.07. The van der Waals surface area contributed by atoms with E-state index >= 15 is 0 Å². The average molecular weight is 475 g/mol. The second kappa shape index (κ2) is 9.71. The maximum absolute atomic E-state index is 12.5. The summed E-state index contributed by atoms with van der Waals surface area (Å²) >= 11 is 4.53. The summed E-state index contributed by atoms with van der Waals surface area (Å²) in [5.41, 5.74) is 2.22. The number of amidine groups is 1. The van der Waals surface area contributed by atoms with Gasteiger partial charge in [0.15, 0.2) is 5.17 Å². The van der Waals surface area contributed by atoms with E-state index in [0.717, 1.165) is 15.8 Å². The smallest absolute Gasteiger partial charge is 0.238 e. The van der Waals surface area contributed by atoms with Crippen molar-refractivity contribution in [3.05, 3.63) is 58.6 Å². The number of hydrogen-bond acceptors (Lipinski definition) is 6. The number of methoxy groups -OCH3 is 1. The van der Waals surface area contributed by atoms with Gasteiger partial charge in [0.2, 0.25) is 11.8 Å². The normalized spacial score (nSPS) is 18.3. The first kappa shape index (κ1) is 21.1. The molecule has 9 heteroatoms. The molecule has 1 aliphatic heterocycles. The first-order valence-corrected chi connectivity index (χ1v) is 10.4. The Bertz CT molecular complexity index is 959. The molecule has 1 atom stereocenters. The maximum Gasteiger partial charge on any atom is 0.238 e. The van der Waals surface area contributed by atoms with Crippen LogP contribution in [0.4, 0.5) is 5.69 Å². The molecule has 2 aromatic rings. The molecule has 3 rings (SSSR count). The summed E-state index contributed by atoms with van der Waals surface area (Å²) in [7, 11) is 1.61. The minimum Gasteiger partial charge on any atom is -0.497 e. The Balaban J connectivity index is 1.68. The van der Waals surface area contributed by atoms with Crippen molar-refractivity contribution in [2.75, 3.05) is 12.4 Å². The molecule has 2 amide bonds. The third kappa shape index (κ3) is 5.91. The van der Waals surface area contributed by atoms with E-state index in [2.05, 4.69) is 36.8 Å². The molecular weight excluding hydrogens is 456 g/mol. The Labute approximate surface area is 181 Å². The first-order chi connectivity index (χ1) is 13.9. The van der Waals surface area contributed by atoms with Crippen molar-refractivity contribution in [1.29, 1.82) is 0 Å². The molecule has 1 fully saturated rings. The van der Waals surface area contributed by atoms with Crippen LogP contribution in [-0.4, -0.2) is 35.1 Å². The summed E-state index contributed by atoms with van der Waals surface area (Å²) in [6.45, 7) is 1.82. The Morgan fingerprint density at radius 1 is 1.21 bits per heavy atom. The van der Waals surface area contributed by atoms with Gasteiger partial charge in [-0.2, -0.15) is 5.10 Å². The molecule has 7 nitrogen and oxygen atoms in total. The molecule has 1 unspecified atom stereocenters. The van der Waals surface area contributed by atoms with Crippen molar-refractivity contribution >= 4 is 56.1 Å². The summed E-state index contributed by atoms with van der Waals surface area (Å²) < 4.78 is 6.06. The number of hydrogen-bond donors (Lipinski definition) is 2. The first-order valence-electron chi connectivity index (χ1n) is 8.74. The number of ether oxygens (including phenoxy) is 1. The van der Waals surface area contributed by atoms with E-state index in [1.165, 1.54) is 11.8 Å². The van der Waals surface area contributed by atoms with Crippen LogP contribution in [0.5, 0.6) is 5.75 Å². The van der Waals surface area contributed by atoms with Crippen molar-refractivity contribution < 1.29 is 14.3 Å². The van der Waals surface area contributed by atoms with Gasteiger partial charge in [-0.25, -0.2) is 0 Å². The number of carbonyl (C=O) groups is 2. The summed E-state index contributed by atoms with van der Waals surface area (Å²) in [6.07, 6.45) is 0.0766. The summed E-state index contributed by atoms with van der Waals surface area (Å²) in [4.78, 5) is 24.6. The minimum absolute atomic E-state index is 0.0766. The van der Waals surface area contributed by atoms with Gasteiger partial charge < -0.3 is 15.4 Å². The van der Waals surface area contributed by atoms with Crippen LogP contribution in [0.15, 0.2) is 63.2 Å².